The van der Waals surface area contributed by atoms with Crippen molar-refractivity contribution in [3.05, 3.63) is 71.3 Å². The molecule has 0 aromatic heterocycles. The van der Waals surface area contributed by atoms with Crippen molar-refractivity contribution in [3.63, 3.8) is 0 Å². The first kappa shape index (κ1) is 10.9. The van der Waals surface area contributed by atoms with Crippen molar-refractivity contribution in [1.82, 2.24) is 0 Å². The van der Waals surface area contributed by atoms with E-state index in [1.807, 2.05) is 18.2 Å². The maximum atomic E-state index is 6.21. The molecule has 0 aliphatic heterocycles. The van der Waals surface area contributed by atoms with Gasteiger partial charge in [-0.2, -0.15) is 0 Å². The molecule has 0 radical (unpaired) electrons. The molecule has 1 atom stereocenters. The second kappa shape index (κ2) is 4.95. The van der Waals surface area contributed by atoms with Gasteiger partial charge in [0.25, 0.3) is 0 Å². The fourth-order valence-electron chi connectivity index (χ4n) is 1.81. The molecular weight excluding hydrogens is 194 g/mol. The first-order valence-electron chi connectivity index (χ1n) is 5.70. The molecule has 0 fully saturated rings. The summed E-state index contributed by atoms with van der Waals surface area (Å²) in [6.45, 7) is 2.16. The minimum Gasteiger partial charge on any atom is -0.320 e. The second-order valence-electron chi connectivity index (χ2n) is 3.98. The van der Waals surface area contributed by atoms with Crippen LogP contribution >= 0.6 is 0 Å². The van der Waals surface area contributed by atoms with E-state index in [1.54, 1.807) is 0 Å². The monoisotopic (exact) mass is 211 g/mol. The maximum Gasteiger partial charge on any atom is 0.0551 e. The summed E-state index contributed by atoms with van der Waals surface area (Å²) in [5, 5.41) is 0. The molecule has 2 rings (SSSR count). The van der Waals surface area contributed by atoms with E-state index in [4.69, 9.17) is 5.73 Å². The second-order valence-corrected chi connectivity index (χ2v) is 3.98. The SMILES string of the molecule is CCc1ccc([C@H](N)c2ccccc2)cc1. The van der Waals surface area contributed by atoms with Gasteiger partial charge in [-0.05, 0) is 23.1 Å². The fraction of sp³-hybridized carbons (Fsp3) is 0.200. The lowest BCUT2D eigenvalue weighted by Crippen LogP contribution is -2.11. The van der Waals surface area contributed by atoms with Gasteiger partial charge in [-0.25, -0.2) is 0 Å². The molecule has 0 bridgehead atoms. The third-order valence-electron chi connectivity index (χ3n) is 2.91. The smallest absolute Gasteiger partial charge is 0.0551 e. The molecule has 2 N–H and O–H groups in total. The van der Waals surface area contributed by atoms with Crippen molar-refractivity contribution in [3.8, 4) is 0 Å². The molecule has 0 aliphatic rings. The van der Waals surface area contributed by atoms with Crippen LogP contribution in [0.1, 0.15) is 29.7 Å². The van der Waals surface area contributed by atoms with Crippen LogP contribution in [0.15, 0.2) is 54.6 Å². The predicted octanol–water partition coefficient (Wildman–Crippen LogP) is 3.30. The Hall–Kier alpha value is -1.60. The van der Waals surface area contributed by atoms with E-state index >= 15 is 0 Å². The maximum absolute atomic E-state index is 6.21. The Labute approximate surface area is 96.9 Å². The normalized spacial score (nSPS) is 12.4. The molecule has 0 heterocycles. The van der Waals surface area contributed by atoms with E-state index in [-0.39, 0.29) is 6.04 Å². The highest BCUT2D eigenvalue weighted by molar-refractivity contribution is 5.32. The highest BCUT2D eigenvalue weighted by Crippen LogP contribution is 2.19. The van der Waals surface area contributed by atoms with Gasteiger partial charge in [-0.3, -0.25) is 0 Å². The van der Waals surface area contributed by atoms with E-state index in [0.29, 0.717) is 0 Å². The molecule has 0 saturated heterocycles. The van der Waals surface area contributed by atoms with Crippen molar-refractivity contribution in [2.75, 3.05) is 0 Å². The first-order chi connectivity index (χ1) is 7.81. The van der Waals surface area contributed by atoms with Gasteiger partial charge in [0.1, 0.15) is 0 Å². The number of hydrogen-bond acceptors (Lipinski definition) is 1. The summed E-state index contributed by atoms with van der Waals surface area (Å²) in [4.78, 5) is 0. The van der Waals surface area contributed by atoms with E-state index < -0.39 is 0 Å². The van der Waals surface area contributed by atoms with E-state index in [1.165, 1.54) is 11.1 Å². The number of rotatable bonds is 3. The molecule has 2 aromatic rings. The topological polar surface area (TPSA) is 26.0 Å². The molecule has 0 aliphatic carbocycles. The van der Waals surface area contributed by atoms with E-state index in [9.17, 15) is 0 Å². The molecule has 0 unspecified atom stereocenters. The number of aryl methyl sites for hydroxylation is 1. The average Bonchev–Trinajstić information content (AvgIpc) is 2.39. The molecule has 82 valence electrons. The Morgan fingerprint density at radius 2 is 1.44 bits per heavy atom. The largest absolute Gasteiger partial charge is 0.320 e. The Morgan fingerprint density at radius 3 is 2.00 bits per heavy atom. The summed E-state index contributed by atoms with van der Waals surface area (Å²) < 4.78 is 0. The van der Waals surface area contributed by atoms with Gasteiger partial charge in [0.05, 0.1) is 6.04 Å². The van der Waals surface area contributed by atoms with Crippen LogP contribution in [-0.4, -0.2) is 0 Å². The zero-order valence-corrected chi connectivity index (χ0v) is 9.56. The minimum atomic E-state index is -0.0212. The lowest BCUT2D eigenvalue weighted by molar-refractivity contribution is 0.870. The van der Waals surface area contributed by atoms with Crippen molar-refractivity contribution in [2.45, 2.75) is 19.4 Å². The van der Waals surface area contributed by atoms with Gasteiger partial charge < -0.3 is 5.73 Å². The first-order valence-corrected chi connectivity index (χ1v) is 5.70. The van der Waals surface area contributed by atoms with Crippen LogP contribution in [0.2, 0.25) is 0 Å². The zero-order valence-electron chi connectivity index (χ0n) is 9.56. The molecular formula is C15H17N. The quantitative estimate of drug-likeness (QED) is 0.828. The lowest BCUT2D eigenvalue weighted by atomic mass is 9.98. The van der Waals surface area contributed by atoms with Crippen LogP contribution < -0.4 is 5.73 Å². The summed E-state index contributed by atoms with van der Waals surface area (Å²) in [7, 11) is 0. The number of benzene rings is 2. The van der Waals surface area contributed by atoms with Crippen LogP contribution in [0.25, 0.3) is 0 Å². The molecule has 1 nitrogen and oxygen atoms in total. The summed E-state index contributed by atoms with van der Waals surface area (Å²) in [6.07, 6.45) is 1.07. The average molecular weight is 211 g/mol. The van der Waals surface area contributed by atoms with Gasteiger partial charge in [0.2, 0.25) is 0 Å². The van der Waals surface area contributed by atoms with E-state index in [0.717, 1.165) is 12.0 Å². The molecule has 1 heteroatoms. The summed E-state index contributed by atoms with van der Waals surface area (Å²) in [5.41, 5.74) is 9.89. The summed E-state index contributed by atoms with van der Waals surface area (Å²) >= 11 is 0. The summed E-state index contributed by atoms with van der Waals surface area (Å²) in [5.74, 6) is 0. The van der Waals surface area contributed by atoms with Crippen molar-refractivity contribution >= 4 is 0 Å². The third kappa shape index (κ3) is 2.31. The minimum absolute atomic E-state index is 0.0212. The van der Waals surface area contributed by atoms with Crippen molar-refractivity contribution in [1.29, 1.82) is 0 Å². The zero-order chi connectivity index (χ0) is 11.4. The van der Waals surface area contributed by atoms with Gasteiger partial charge in [-0.1, -0.05) is 61.5 Å². The Bertz CT molecular complexity index is 431. The Morgan fingerprint density at radius 1 is 0.875 bits per heavy atom. The summed E-state index contributed by atoms with van der Waals surface area (Å²) in [6, 6.07) is 18.7. The number of hydrogen-bond donors (Lipinski definition) is 1. The van der Waals surface area contributed by atoms with Crippen molar-refractivity contribution in [2.24, 2.45) is 5.73 Å². The van der Waals surface area contributed by atoms with Crippen LogP contribution in [0.3, 0.4) is 0 Å². The lowest BCUT2D eigenvalue weighted by Gasteiger charge is -2.12. The van der Waals surface area contributed by atoms with Gasteiger partial charge in [0.15, 0.2) is 0 Å². The Kier molecular flexibility index (Phi) is 3.37. The molecule has 0 spiro atoms. The molecule has 0 saturated carbocycles. The molecule has 2 aromatic carbocycles. The number of nitrogens with two attached hydrogens (primary N) is 1. The third-order valence-corrected chi connectivity index (χ3v) is 2.91. The Balaban J connectivity index is 2.24. The van der Waals surface area contributed by atoms with E-state index in [2.05, 4.69) is 43.3 Å². The molecule has 0 amide bonds. The molecule has 16 heavy (non-hydrogen) atoms. The van der Waals surface area contributed by atoms with Gasteiger partial charge in [0, 0.05) is 0 Å². The highest BCUT2D eigenvalue weighted by Gasteiger charge is 2.07. The van der Waals surface area contributed by atoms with Crippen LogP contribution in [-0.2, 0) is 6.42 Å². The van der Waals surface area contributed by atoms with Gasteiger partial charge >= 0.3 is 0 Å². The fourth-order valence-corrected chi connectivity index (χ4v) is 1.81. The van der Waals surface area contributed by atoms with Crippen LogP contribution in [0.4, 0.5) is 0 Å². The van der Waals surface area contributed by atoms with Crippen LogP contribution in [0.5, 0.6) is 0 Å². The van der Waals surface area contributed by atoms with Crippen LogP contribution in [0, 0.1) is 0 Å². The van der Waals surface area contributed by atoms with Crippen molar-refractivity contribution < 1.29 is 0 Å². The highest BCUT2D eigenvalue weighted by atomic mass is 14.6. The van der Waals surface area contributed by atoms with Gasteiger partial charge in [-0.15, -0.1) is 0 Å². The predicted molar refractivity (Wildman–Crippen MR) is 68.3 cm³/mol. The standard InChI is InChI=1S/C15H17N/c1-2-12-8-10-14(11-9-12)15(16)13-6-4-3-5-7-13/h3-11,15H,2,16H2,1H3/t15-/m1/s1.